The number of carbonyl (C=O) groups excluding carboxylic acids is 1. The SMILES string of the molecule is CN(C)c1ccc(CN2CC=C(c3cccc(CNC(=O)c4ccccc4)c3)CC2)cc1. The maximum Gasteiger partial charge on any atom is 0.251 e. The molecule has 4 rings (SSSR count). The van der Waals surface area contributed by atoms with E-state index < -0.39 is 0 Å². The van der Waals surface area contributed by atoms with Crippen LogP contribution >= 0.6 is 0 Å². The number of anilines is 1. The van der Waals surface area contributed by atoms with Gasteiger partial charge in [-0.2, -0.15) is 0 Å². The first-order chi connectivity index (χ1) is 15.6. The summed E-state index contributed by atoms with van der Waals surface area (Å²) in [6, 6.07) is 26.7. The van der Waals surface area contributed by atoms with Crippen molar-refractivity contribution >= 4 is 17.2 Å². The van der Waals surface area contributed by atoms with Gasteiger partial charge in [0.25, 0.3) is 5.91 Å². The summed E-state index contributed by atoms with van der Waals surface area (Å²) in [4.78, 5) is 16.9. The highest BCUT2D eigenvalue weighted by Crippen LogP contribution is 2.24. The topological polar surface area (TPSA) is 35.6 Å². The van der Waals surface area contributed by atoms with E-state index in [0.717, 1.165) is 31.6 Å². The van der Waals surface area contributed by atoms with Crippen molar-refractivity contribution in [2.24, 2.45) is 0 Å². The second kappa shape index (κ2) is 10.3. The molecule has 4 heteroatoms. The summed E-state index contributed by atoms with van der Waals surface area (Å²) in [7, 11) is 4.14. The number of hydrogen-bond donors (Lipinski definition) is 1. The van der Waals surface area contributed by atoms with E-state index in [-0.39, 0.29) is 5.91 Å². The van der Waals surface area contributed by atoms with Crippen LogP contribution in [0.2, 0.25) is 0 Å². The molecule has 0 atom stereocenters. The van der Waals surface area contributed by atoms with Crippen LogP contribution in [0.1, 0.15) is 33.5 Å². The van der Waals surface area contributed by atoms with Crippen LogP contribution in [-0.4, -0.2) is 38.0 Å². The molecule has 0 saturated carbocycles. The van der Waals surface area contributed by atoms with Crippen LogP contribution in [0.15, 0.2) is 84.9 Å². The fourth-order valence-electron chi connectivity index (χ4n) is 4.03. The zero-order valence-corrected chi connectivity index (χ0v) is 18.9. The first-order valence-electron chi connectivity index (χ1n) is 11.2. The third-order valence-electron chi connectivity index (χ3n) is 5.94. The Hall–Kier alpha value is -3.37. The lowest BCUT2D eigenvalue weighted by atomic mass is 9.97. The van der Waals surface area contributed by atoms with E-state index in [4.69, 9.17) is 0 Å². The summed E-state index contributed by atoms with van der Waals surface area (Å²) >= 11 is 0. The zero-order valence-electron chi connectivity index (χ0n) is 18.9. The van der Waals surface area contributed by atoms with Gasteiger partial charge in [0, 0.05) is 51.5 Å². The molecule has 0 unspecified atom stereocenters. The summed E-state index contributed by atoms with van der Waals surface area (Å²) in [5.74, 6) is -0.0397. The highest BCUT2D eigenvalue weighted by Gasteiger charge is 2.14. The fourth-order valence-corrected chi connectivity index (χ4v) is 4.03. The molecule has 3 aromatic carbocycles. The van der Waals surface area contributed by atoms with Crippen molar-refractivity contribution in [3.8, 4) is 0 Å². The Balaban J connectivity index is 1.33. The van der Waals surface area contributed by atoms with E-state index in [0.29, 0.717) is 12.1 Å². The minimum Gasteiger partial charge on any atom is -0.378 e. The lowest BCUT2D eigenvalue weighted by molar-refractivity contribution is 0.0951. The van der Waals surface area contributed by atoms with Crippen LogP contribution in [-0.2, 0) is 13.1 Å². The number of amides is 1. The van der Waals surface area contributed by atoms with Gasteiger partial charge in [0.15, 0.2) is 0 Å². The minimum atomic E-state index is -0.0397. The van der Waals surface area contributed by atoms with E-state index in [1.54, 1.807) is 0 Å². The molecule has 4 nitrogen and oxygen atoms in total. The Morgan fingerprint density at radius 3 is 2.41 bits per heavy atom. The predicted molar refractivity (Wildman–Crippen MR) is 133 cm³/mol. The maximum atomic E-state index is 12.3. The first kappa shape index (κ1) is 21.8. The molecule has 1 N–H and O–H groups in total. The second-order valence-corrected chi connectivity index (χ2v) is 8.52. The van der Waals surface area contributed by atoms with Gasteiger partial charge in [-0.25, -0.2) is 0 Å². The molecule has 1 amide bonds. The molecule has 0 fully saturated rings. The summed E-state index contributed by atoms with van der Waals surface area (Å²) < 4.78 is 0. The summed E-state index contributed by atoms with van der Waals surface area (Å²) in [5.41, 5.74) is 7.04. The van der Waals surface area contributed by atoms with E-state index >= 15 is 0 Å². The van der Waals surface area contributed by atoms with E-state index in [1.165, 1.54) is 22.4 Å². The Kier molecular flexibility index (Phi) is 7.03. The van der Waals surface area contributed by atoms with Gasteiger partial charge in [0.1, 0.15) is 0 Å². The van der Waals surface area contributed by atoms with Crippen LogP contribution in [0.4, 0.5) is 5.69 Å². The molecule has 1 heterocycles. The molecule has 0 radical (unpaired) electrons. The van der Waals surface area contributed by atoms with Crippen LogP contribution in [0.5, 0.6) is 0 Å². The van der Waals surface area contributed by atoms with Crippen molar-refractivity contribution in [2.75, 3.05) is 32.1 Å². The lowest BCUT2D eigenvalue weighted by Gasteiger charge is -2.27. The van der Waals surface area contributed by atoms with Crippen molar-refractivity contribution in [3.05, 3.63) is 107 Å². The quantitative estimate of drug-likeness (QED) is 0.580. The van der Waals surface area contributed by atoms with Crippen molar-refractivity contribution in [1.82, 2.24) is 10.2 Å². The van der Waals surface area contributed by atoms with E-state index in [2.05, 4.69) is 83.8 Å². The number of rotatable bonds is 7. The third kappa shape index (κ3) is 5.65. The molecule has 0 bridgehead atoms. The van der Waals surface area contributed by atoms with Gasteiger partial charge >= 0.3 is 0 Å². The largest absolute Gasteiger partial charge is 0.378 e. The molecule has 1 aliphatic rings. The highest BCUT2D eigenvalue weighted by atomic mass is 16.1. The zero-order chi connectivity index (χ0) is 22.3. The van der Waals surface area contributed by atoms with E-state index in [1.807, 2.05) is 30.3 Å². The molecular formula is C28H31N3O. The van der Waals surface area contributed by atoms with Gasteiger partial charge in [0.2, 0.25) is 0 Å². The number of nitrogens with zero attached hydrogens (tertiary/aromatic N) is 2. The van der Waals surface area contributed by atoms with Crippen LogP contribution in [0.3, 0.4) is 0 Å². The van der Waals surface area contributed by atoms with Gasteiger partial charge in [-0.1, -0.05) is 54.6 Å². The average Bonchev–Trinajstić information content (AvgIpc) is 2.84. The number of hydrogen-bond acceptors (Lipinski definition) is 3. The number of carbonyl (C=O) groups is 1. The normalized spacial score (nSPS) is 14.0. The van der Waals surface area contributed by atoms with Gasteiger partial charge in [-0.3, -0.25) is 9.69 Å². The predicted octanol–water partition coefficient (Wildman–Crippen LogP) is 4.97. The first-order valence-corrected chi connectivity index (χ1v) is 11.2. The average molecular weight is 426 g/mol. The Bertz CT molecular complexity index is 1070. The Morgan fingerprint density at radius 1 is 0.938 bits per heavy atom. The molecule has 0 aromatic heterocycles. The minimum absolute atomic E-state index is 0.0397. The fraction of sp³-hybridized carbons (Fsp3) is 0.250. The third-order valence-corrected chi connectivity index (χ3v) is 5.94. The van der Waals surface area contributed by atoms with Gasteiger partial charge < -0.3 is 10.2 Å². The smallest absolute Gasteiger partial charge is 0.251 e. The molecule has 1 aliphatic heterocycles. The molecule has 32 heavy (non-hydrogen) atoms. The number of nitrogens with one attached hydrogen (secondary N) is 1. The summed E-state index contributed by atoms with van der Waals surface area (Å²) in [6.07, 6.45) is 3.38. The molecule has 0 spiro atoms. The second-order valence-electron chi connectivity index (χ2n) is 8.52. The van der Waals surface area contributed by atoms with E-state index in [9.17, 15) is 4.79 Å². The monoisotopic (exact) mass is 425 g/mol. The molecular weight excluding hydrogens is 394 g/mol. The molecule has 164 valence electrons. The molecule has 0 aliphatic carbocycles. The Morgan fingerprint density at radius 2 is 1.72 bits per heavy atom. The van der Waals surface area contributed by atoms with Gasteiger partial charge in [-0.05, 0) is 59.0 Å². The molecule has 3 aromatic rings. The van der Waals surface area contributed by atoms with Crippen molar-refractivity contribution < 1.29 is 4.79 Å². The number of benzene rings is 3. The highest BCUT2D eigenvalue weighted by molar-refractivity contribution is 5.94. The Labute approximate surface area is 191 Å². The van der Waals surface area contributed by atoms with Crippen LogP contribution in [0.25, 0.3) is 5.57 Å². The van der Waals surface area contributed by atoms with Gasteiger partial charge in [-0.15, -0.1) is 0 Å². The van der Waals surface area contributed by atoms with Gasteiger partial charge in [0.05, 0.1) is 0 Å². The van der Waals surface area contributed by atoms with Crippen molar-refractivity contribution in [1.29, 1.82) is 0 Å². The maximum absolute atomic E-state index is 12.3. The van der Waals surface area contributed by atoms with Crippen molar-refractivity contribution in [3.63, 3.8) is 0 Å². The summed E-state index contributed by atoms with van der Waals surface area (Å²) in [5, 5.41) is 3.02. The summed E-state index contributed by atoms with van der Waals surface area (Å²) in [6.45, 7) is 3.52. The van der Waals surface area contributed by atoms with Crippen molar-refractivity contribution in [2.45, 2.75) is 19.5 Å². The van der Waals surface area contributed by atoms with Crippen LogP contribution in [0, 0.1) is 0 Å². The molecule has 0 saturated heterocycles. The standard InChI is InChI=1S/C28H31N3O/c1-30(2)27-13-11-22(12-14-27)21-31-17-15-24(16-18-31)26-10-6-7-23(19-26)20-29-28(32)25-8-4-3-5-9-25/h3-15,19H,16-18,20-21H2,1-2H3,(H,29,32). The lowest BCUT2D eigenvalue weighted by Crippen LogP contribution is -2.28. The van der Waals surface area contributed by atoms with Crippen LogP contribution < -0.4 is 10.2 Å².